The first-order chi connectivity index (χ1) is 10.5. The van der Waals surface area contributed by atoms with Gasteiger partial charge in [0.25, 0.3) is 0 Å². The molecule has 2 N–H and O–H groups in total. The van der Waals surface area contributed by atoms with Crippen molar-refractivity contribution in [3.05, 3.63) is 34.9 Å². The number of carboxylic acids is 1. The van der Waals surface area contributed by atoms with Gasteiger partial charge in [0.05, 0.1) is 11.8 Å². The molecule has 0 aromatic heterocycles. The van der Waals surface area contributed by atoms with Crippen molar-refractivity contribution < 1.29 is 14.7 Å². The van der Waals surface area contributed by atoms with Crippen LogP contribution in [0.1, 0.15) is 50.5 Å². The SMILES string of the molecule is CC(C(=O)N[C@H]1CCCCC[C@H]1C(=O)O)c1cccc(Cl)c1. The van der Waals surface area contributed by atoms with Crippen molar-refractivity contribution in [2.75, 3.05) is 0 Å². The van der Waals surface area contributed by atoms with E-state index in [1.807, 2.05) is 19.1 Å². The summed E-state index contributed by atoms with van der Waals surface area (Å²) in [5, 5.41) is 12.9. The van der Waals surface area contributed by atoms with Gasteiger partial charge in [-0.05, 0) is 37.5 Å². The minimum atomic E-state index is -0.817. The van der Waals surface area contributed by atoms with Crippen molar-refractivity contribution in [3.8, 4) is 0 Å². The average molecular weight is 324 g/mol. The summed E-state index contributed by atoms with van der Waals surface area (Å²) in [6.07, 6.45) is 4.25. The summed E-state index contributed by atoms with van der Waals surface area (Å²) in [6.45, 7) is 1.81. The van der Waals surface area contributed by atoms with E-state index in [4.69, 9.17) is 11.6 Å². The standard InChI is InChI=1S/C17H22ClNO3/c1-11(12-6-5-7-13(18)10-12)16(20)19-15-9-4-2-3-8-14(15)17(21)22/h5-7,10-11,14-15H,2-4,8-9H2,1H3,(H,19,20)(H,21,22)/t11?,14-,15+/m1/s1. The first-order valence-corrected chi connectivity index (χ1v) is 8.15. The molecule has 0 bridgehead atoms. The normalized spacial score (nSPS) is 23.4. The van der Waals surface area contributed by atoms with E-state index in [9.17, 15) is 14.7 Å². The minimum Gasteiger partial charge on any atom is -0.481 e. The number of amides is 1. The molecule has 120 valence electrons. The van der Waals surface area contributed by atoms with Gasteiger partial charge in [0.1, 0.15) is 0 Å². The van der Waals surface area contributed by atoms with E-state index in [0.717, 1.165) is 31.2 Å². The smallest absolute Gasteiger partial charge is 0.308 e. The number of rotatable bonds is 4. The van der Waals surface area contributed by atoms with Gasteiger partial charge in [-0.1, -0.05) is 43.0 Å². The maximum Gasteiger partial charge on any atom is 0.308 e. The highest BCUT2D eigenvalue weighted by molar-refractivity contribution is 6.30. The van der Waals surface area contributed by atoms with Crippen LogP contribution in [0.3, 0.4) is 0 Å². The monoisotopic (exact) mass is 323 g/mol. The zero-order chi connectivity index (χ0) is 16.1. The summed E-state index contributed by atoms with van der Waals surface area (Å²) >= 11 is 5.96. The Morgan fingerprint density at radius 3 is 2.68 bits per heavy atom. The Balaban J connectivity index is 2.07. The molecule has 2 rings (SSSR count). The second-order valence-corrected chi connectivity index (χ2v) is 6.41. The molecule has 0 aliphatic heterocycles. The second kappa shape index (κ2) is 7.63. The average Bonchev–Trinajstić information content (AvgIpc) is 2.72. The van der Waals surface area contributed by atoms with Crippen molar-refractivity contribution in [1.29, 1.82) is 0 Å². The molecule has 5 heteroatoms. The Morgan fingerprint density at radius 2 is 2.00 bits per heavy atom. The van der Waals surface area contributed by atoms with E-state index >= 15 is 0 Å². The van der Waals surface area contributed by atoms with E-state index in [1.54, 1.807) is 12.1 Å². The molecule has 1 aromatic rings. The first-order valence-electron chi connectivity index (χ1n) is 7.77. The van der Waals surface area contributed by atoms with Crippen LogP contribution in [0.25, 0.3) is 0 Å². The van der Waals surface area contributed by atoms with Crippen molar-refractivity contribution in [2.45, 2.75) is 51.0 Å². The van der Waals surface area contributed by atoms with Gasteiger partial charge >= 0.3 is 5.97 Å². The van der Waals surface area contributed by atoms with Gasteiger partial charge in [0, 0.05) is 11.1 Å². The zero-order valence-corrected chi connectivity index (χ0v) is 13.5. The van der Waals surface area contributed by atoms with Crippen LogP contribution in [0, 0.1) is 5.92 Å². The molecule has 1 saturated carbocycles. The fraction of sp³-hybridized carbons (Fsp3) is 0.529. The van der Waals surface area contributed by atoms with E-state index in [1.165, 1.54) is 0 Å². The lowest BCUT2D eigenvalue weighted by Crippen LogP contribution is -2.44. The summed E-state index contributed by atoms with van der Waals surface area (Å²) in [4.78, 5) is 23.9. The van der Waals surface area contributed by atoms with Crippen LogP contribution in [0.2, 0.25) is 5.02 Å². The van der Waals surface area contributed by atoms with Crippen LogP contribution in [0.5, 0.6) is 0 Å². The molecule has 1 fully saturated rings. The molecule has 1 aliphatic rings. The number of carbonyl (C=O) groups is 2. The van der Waals surface area contributed by atoms with Crippen LogP contribution in [-0.4, -0.2) is 23.0 Å². The maximum atomic E-state index is 12.5. The number of carboxylic acid groups (broad SMARTS) is 1. The molecule has 0 heterocycles. The van der Waals surface area contributed by atoms with E-state index in [0.29, 0.717) is 11.4 Å². The van der Waals surface area contributed by atoms with Crippen LogP contribution in [0.15, 0.2) is 24.3 Å². The summed E-state index contributed by atoms with van der Waals surface area (Å²) in [7, 11) is 0. The quantitative estimate of drug-likeness (QED) is 0.832. The summed E-state index contributed by atoms with van der Waals surface area (Å²) in [5.41, 5.74) is 0.838. The molecule has 0 radical (unpaired) electrons. The lowest BCUT2D eigenvalue weighted by Gasteiger charge is -2.24. The van der Waals surface area contributed by atoms with Crippen LogP contribution < -0.4 is 5.32 Å². The minimum absolute atomic E-state index is 0.139. The predicted octanol–water partition coefficient (Wildman–Crippen LogP) is 3.59. The largest absolute Gasteiger partial charge is 0.481 e. The fourth-order valence-electron chi connectivity index (χ4n) is 3.01. The molecule has 0 saturated heterocycles. The molecule has 1 unspecified atom stereocenters. The van der Waals surface area contributed by atoms with Crippen molar-refractivity contribution in [1.82, 2.24) is 5.32 Å². The predicted molar refractivity (Wildman–Crippen MR) is 86.0 cm³/mol. The molecule has 1 aliphatic carbocycles. The molecule has 1 amide bonds. The summed E-state index contributed by atoms with van der Waals surface area (Å²) in [6, 6.07) is 6.93. The molecule has 0 spiro atoms. The molecule has 3 atom stereocenters. The van der Waals surface area contributed by atoms with Crippen LogP contribution >= 0.6 is 11.6 Å². The van der Waals surface area contributed by atoms with Crippen molar-refractivity contribution >= 4 is 23.5 Å². The lowest BCUT2D eigenvalue weighted by molar-refractivity contribution is -0.143. The third kappa shape index (κ3) is 4.23. The van der Waals surface area contributed by atoms with Crippen molar-refractivity contribution in [2.24, 2.45) is 5.92 Å². The van der Waals surface area contributed by atoms with Gasteiger partial charge < -0.3 is 10.4 Å². The van der Waals surface area contributed by atoms with Gasteiger partial charge in [-0.25, -0.2) is 0 Å². The Labute approximate surface area is 135 Å². The van der Waals surface area contributed by atoms with E-state index in [-0.39, 0.29) is 17.9 Å². The number of hydrogen-bond acceptors (Lipinski definition) is 2. The third-order valence-corrected chi connectivity index (χ3v) is 4.64. The van der Waals surface area contributed by atoms with Gasteiger partial charge in [0.2, 0.25) is 5.91 Å². The maximum absolute atomic E-state index is 12.5. The number of nitrogens with one attached hydrogen (secondary N) is 1. The number of benzene rings is 1. The van der Waals surface area contributed by atoms with Gasteiger partial charge in [-0.3, -0.25) is 9.59 Å². The summed E-state index contributed by atoms with van der Waals surface area (Å²) < 4.78 is 0. The van der Waals surface area contributed by atoms with Gasteiger partial charge in [-0.15, -0.1) is 0 Å². The highest BCUT2D eigenvalue weighted by Gasteiger charge is 2.31. The highest BCUT2D eigenvalue weighted by atomic mass is 35.5. The number of halogens is 1. The Bertz CT molecular complexity index is 546. The number of aliphatic carboxylic acids is 1. The number of hydrogen-bond donors (Lipinski definition) is 2. The lowest BCUT2D eigenvalue weighted by atomic mass is 9.93. The van der Waals surface area contributed by atoms with Gasteiger partial charge in [-0.2, -0.15) is 0 Å². The van der Waals surface area contributed by atoms with Crippen molar-refractivity contribution in [3.63, 3.8) is 0 Å². The molecule has 4 nitrogen and oxygen atoms in total. The molecular weight excluding hydrogens is 302 g/mol. The Kier molecular flexibility index (Phi) is 5.83. The molecule has 22 heavy (non-hydrogen) atoms. The summed E-state index contributed by atoms with van der Waals surface area (Å²) in [5.74, 6) is -1.79. The topological polar surface area (TPSA) is 66.4 Å². The molecular formula is C17H22ClNO3. The van der Waals surface area contributed by atoms with Crippen LogP contribution in [-0.2, 0) is 9.59 Å². The van der Waals surface area contributed by atoms with Crippen LogP contribution in [0.4, 0.5) is 0 Å². The zero-order valence-electron chi connectivity index (χ0n) is 12.7. The highest BCUT2D eigenvalue weighted by Crippen LogP contribution is 2.25. The van der Waals surface area contributed by atoms with Gasteiger partial charge in [0.15, 0.2) is 0 Å². The Morgan fingerprint density at radius 1 is 1.27 bits per heavy atom. The second-order valence-electron chi connectivity index (χ2n) is 5.97. The Hall–Kier alpha value is -1.55. The fourth-order valence-corrected chi connectivity index (χ4v) is 3.21. The van der Waals surface area contributed by atoms with E-state index in [2.05, 4.69) is 5.32 Å². The third-order valence-electron chi connectivity index (χ3n) is 4.40. The molecule has 1 aromatic carbocycles. The first kappa shape index (κ1) is 16.8. The number of carbonyl (C=O) groups excluding carboxylic acids is 1. The van der Waals surface area contributed by atoms with E-state index < -0.39 is 11.9 Å².